The Bertz CT molecular complexity index is 528. The van der Waals surface area contributed by atoms with Gasteiger partial charge in [-0.3, -0.25) is 4.79 Å². The molecule has 7 heteroatoms. The number of diazo groups is 1. The van der Waals surface area contributed by atoms with Crippen LogP contribution in [0, 0.1) is 11.2 Å². The molecule has 0 N–H and O–H groups in total. The molecule has 0 heterocycles. The molecular weight excluding hydrogens is 307 g/mol. The van der Waals surface area contributed by atoms with Crippen LogP contribution < -0.4 is 0 Å². The largest absolute Gasteiger partial charge is 0.469 e. The molecule has 0 saturated heterocycles. The number of hydrogen-bond acceptors (Lipinski definition) is 4. The molecule has 0 amide bonds. The Hall–Kier alpha value is -1.81. The van der Waals surface area contributed by atoms with Gasteiger partial charge in [-0.1, -0.05) is 15.9 Å². The standard InChI is InChI=1S/C11H9BrFN2O3/c1-2-18-11(17)9(15-14)10(16)7-5-6(12)3-4-8(7)13/h3-5,9H,2H2,1H3/q+1. The molecule has 1 aromatic carbocycles. The first-order valence-corrected chi connectivity index (χ1v) is 5.80. The van der Waals surface area contributed by atoms with Crippen molar-refractivity contribution < 1.29 is 18.7 Å². The molecule has 0 saturated carbocycles. The Balaban J connectivity index is 3.08. The summed E-state index contributed by atoms with van der Waals surface area (Å²) < 4.78 is 18.5. The minimum absolute atomic E-state index is 0.0269. The van der Waals surface area contributed by atoms with Crippen molar-refractivity contribution in [3.8, 4) is 0 Å². The minimum Gasteiger partial charge on any atom is -0.460 e. The number of benzene rings is 1. The Morgan fingerprint density at radius 3 is 2.78 bits per heavy atom. The van der Waals surface area contributed by atoms with Crippen LogP contribution in [-0.4, -0.2) is 24.4 Å². The van der Waals surface area contributed by atoms with E-state index < -0.39 is 23.6 Å². The predicted octanol–water partition coefficient (Wildman–Crippen LogP) is 2.56. The van der Waals surface area contributed by atoms with E-state index in [0.717, 1.165) is 6.07 Å². The quantitative estimate of drug-likeness (QED) is 0.370. The van der Waals surface area contributed by atoms with Gasteiger partial charge in [0.2, 0.25) is 5.39 Å². The van der Waals surface area contributed by atoms with E-state index in [9.17, 15) is 14.0 Å². The lowest BCUT2D eigenvalue weighted by molar-refractivity contribution is -0.142. The zero-order chi connectivity index (χ0) is 13.7. The smallest absolute Gasteiger partial charge is 0.460 e. The van der Waals surface area contributed by atoms with E-state index in [1.54, 1.807) is 0 Å². The normalized spacial score (nSPS) is 11.4. The summed E-state index contributed by atoms with van der Waals surface area (Å²) in [5.41, 5.74) is -0.347. The maximum Gasteiger partial charge on any atom is 0.469 e. The Morgan fingerprint density at radius 2 is 2.22 bits per heavy atom. The molecule has 18 heavy (non-hydrogen) atoms. The molecule has 0 bridgehead atoms. The second-order valence-corrected chi connectivity index (χ2v) is 4.17. The van der Waals surface area contributed by atoms with Crippen molar-refractivity contribution in [1.29, 1.82) is 5.39 Å². The highest BCUT2D eigenvalue weighted by Crippen LogP contribution is 2.18. The average Bonchev–Trinajstić information content (AvgIpc) is 2.33. The fourth-order valence-corrected chi connectivity index (χ4v) is 1.62. The fourth-order valence-electron chi connectivity index (χ4n) is 1.26. The second-order valence-electron chi connectivity index (χ2n) is 3.26. The molecule has 0 radical (unpaired) electrons. The highest BCUT2D eigenvalue weighted by molar-refractivity contribution is 9.10. The molecule has 1 unspecified atom stereocenters. The van der Waals surface area contributed by atoms with Gasteiger partial charge in [0.05, 0.1) is 12.2 Å². The van der Waals surface area contributed by atoms with Crippen LogP contribution in [0.1, 0.15) is 17.3 Å². The van der Waals surface area contributed by atoms with Crippen molar-refractivity contribution in [3.63, 3.8) is 0 Å². The molecule has 0 aromatic heterocycles. The van der Waals surface area contributed by atoms with E-state index in [2.05, 4.69) is 25.6 Å². The SMILES string of the molecule is CCOC(=O)C([N+]#N)C(=O)c1cc(Br)ccc1F. The summed E-state index contributed by atoms with van der Waals surface area (Å²) in [7, 11) is 0. The van der Waals surface area contributed by atoms with Crippen LogP contribution >= 0.6 is 15.9 Å². The molecule has 0 aliphatic rings. The van der Waals surface area contributed by atoms with Crippen LogP contribution in [0.5, 0.6) is 0 Å². The van der Waals surface area contributed by atoms with E-state index in [1.165, 1.54) is 19.1 Å². The van der Waals surface area contributed by atoms with Gasteiger partial charge in [0.1, 0.15) is 10.8 Å². The van der Waals surface area contributed by atoms with Crippen LogP contribution in [-0.2, 0) is 9.53 Å². The summed E-state index contributed by atoms with van der Waals surface area (Å²) in [5.74, 6) is -2.79. The maximum atomic E-state index is 13.4. The number of rotatable bonds is 4. The molecule has 0 aliphatic carbocycles. The predicted molar refractivity (Wildman–Crippen MR) is 63.9 cm³/mol. The molecule has 1 rings (SSSR count). The van der Waals surface area contributed by atoms with Gasteiger partial charge in [-0.15, -0.1) is 0 Å². The number of carbonyl (C=O) groups excluding carboxylic acids is 2. The van der Waals surface area contributed by atoms with Gasteiger partial charge in [0, 0.05) is 4.47 Å². The highest BCUT2D eigenvalue weighted by atomic mass is 79.9. The molecule has 5 nitrogen and oxygen atoms in total. The van der Waals surface area contributed by atoms with E-state index >= 15 is 0 Å². The number of esters is 1. The van der Waals surface area contributed by atoms with Crippen LogP contribution in [0.2, 0.25) is 0 Å². The first kappa shape index (κ1) is 14.3. The van der Waals surface area contributed by atoms with E-state index in [1.807, 2.05) is 0 Å². The molecule has 1 atom stereocenters. The van der Waals surface area contributed by atoms with Crippen molar-refractivity contribution in [2.24, 2.45) is 0 Å². The average molecular weight is 316 g/mol. The van der Waals surface area contributed by atoms with Gasteiger partial charge in [-0.25, -0.2) is 9.18 Å². The molecule has 94 valence electrons. The summed E-state index contributed by atoms with van der Waals surface area (Å²) >= 11 is 3.08. The summed E-state index contributed by atoms with van der Waals surface area (Å²) in [6.45, 7) is 1.57. The second kappa shape index (κ2) is 6.21. The fraction of sp³-hybridized carbons (Fsp3) is 0.273. The number of halogens is 2. The zero-order valence-electron chi connectivity index (χ0n) is 9.39. The monoisotopic (exact) mass is 315 g/mol. The molecular formula is C11H9BrFN2O3+. The van der Waals surface area contributed by atoms with Gasteiger partial charge in [0.25, 0.3) is 5.78 Å². The van der Waals surface area contributed by atoms with Crippen molar-refractivity contribution in [3.05, 3.63) is 39.0 Å². The van der Waals surface area contributed by atoms with Crippen LogP contribution in [0.3, 0.4) is 0 Å². The number of hydrogen-bond donors (Lipinski definition) is 0. The van der Waals surface area contributed by atoms with Crippen LogP contribution in [0.4, 0.5) is 4.39 Å². The van der Waals surface area contributed by atoms with Crippen molar-refractivity contribution in [2.45, 2.75) is 13.0 Å². The number of nitrogens with zero attached hydrogens (tertiary/aromatic N) is 2. The lowest BCUT2D eigenvalue weighted by Crippen LogP contribution is -2.29. The molecule has 0 fully saturated rings. The van der Waals surface area contributed by atoms with Crippen molar-refractivity contribution in [2.75, 3.05) is 6.61 Å². The Labute approximate surface area is 111 Å². The summed E-state index contributed by atoms with van der Waals surface area (Å²) in [6, 6.07) is 1.90. The van der Waals surface area contributed by atoms with Crippen molar-refractivity contribution >= 4 is 27.7 Å². The summed E-state index contributed by atoms with van der Waals surface area (Å²) in [4.78, 5) is 25.9. The lowest BCUT2D eigenvalue weighted by Gasteiger charge is -2.02. The lowest BCUT2D eigenvalue weighted by atomic mass is 10.0. The van der Waals surface area contributed by atoms with E-state index in [-0.39, 0.29) is 12.2 Å². The molecule has 1 aromatic rings. The Morgan fingerprint density at radius 1 is 1.56 bits per heavy atom. The number of ketones is 1. The maximum absolute atomic E-state index is 13.4. The third kappa shape index (κ3) is 3.11. The number of ether oxygens (including phenoxy) is 1. The van der Waals surface area contributed by atoms with Gasteiger partial charge >= 0.3 is 12.0 Å². The molecule has 0 aliphatic heterocycles. The highest BCUT2D eigenvalue weighted by Gasteiger charge is 2.42. The topological polar surface area (TPSA) is 71.5 Å². The van der Waals surface area contributed by atoms with Gasteiger partial charge < -0.3 is 4.74 Å². The third-order valence-corrected chi connectivity index (χ3v) is 2.56. The number of carbonyl (C=O) groups is 2. The summed E-state index contributed by atoms with van der Waals surface area (Å²) in [6.07, 6.45) is 0. The Kier molecular flexibility index (Phi) is 4.92. The van der Waals surface area contributed by atoms with Gasteiger partial charge in [-0.2, -0.15) is 0 Å². The minimum atomic E-state index is -1.77. The zero-order valence-corrected chi connectivity index (χ0v) is 11.0. The van der Waals surface area contributed by atoms with E-state index in [0.29, 0.717) is 4.47 Å². The van der Waals surface area contributed by atoms with Crippen LogP contribution in [0.15, 0.2) is 22.7 Å². The first-order chi connectivity index (χ1) is 8.51. The van der Waals surface area contributed by atoms with Gasteiger partial charge in [0.15, 0.2) is 0 Å². The summed E-state index contributed by atoms with van der Waals surface area (Å²) in [5, 5.41) is 8.68. The van der Waals surface area contributed by atoms with E-state index in [4.69, 9.17) is 5.39 Å². The third-order valence-electron chi connectivity index (χ3n) is 2.07. The number of Topliss-reactive ketones (excluding diaryl/α,β-unsaturated/α-hetero) is 1. The van der Waals surface area contributed by atoms with Gasteiger partial charge in [-0.05, 0) is 25.1 Å². The molecule has 0 spiro atoms. The first-order valence-electron chi connectivity index (χ1n) is 5.01. The van der Waals surface area contributed by atoms with Crippen LogP contribution in [0.25, 0.3) is 4.98 Å². The van der Waals surface area contributed by atoms with Crippen molar-refractivity contribution in [1.82, 2.24) is 0 Å².